The lowest BCUT2D eigenvalue weighted by Gasteiger charge is -2.17. The van der Waals surface area contributed by atoms with Gasteiger partial charge in [0, 0.05) is 11.1 Å². The molecule has 4 rings (SSSR count). The van der Waals surface area contributed by atoms with Gasteiger partial charge in [0.05, 0.1) is 11.4 Å². The molecule has 2 aliphatic carbocycles. The number of allylic oxidation sites excluding steroid dienone is 10. The van der Waals surface area contributed by atoms with Gasteiger partial charge in [0.15, 0.2) is 0 Å². The van der Waals surface area contributed by atoms with Crippen LogP contribution in [0.5, 0.6) is 0 Å². The summed E-state index contributed by atoms with van der Waals surface area (Å²) in [4.78, 5) is 5.15. The first-order valence-corrected chi connectivity index (χ1v) is 9.94. The molecular formula is C27H25N. The van der Waals surface area contributed by atoms with Crippen molar-refractivity contribution < 1.29 is 0 Å². The molecule has 0 atom stereocenters. The third-order valence-electron chi connectivity index (χ3n) is 5.19. The fourth-order valence-electron chi connectivity index (χ4n) is 3.67. The van der Waals surface area contributed by atoms with Crippen LogP contribution in [0.1, 0.15) is 35.2 Å². The van der Waals surface area contributed by atoms with Crippen LogP contribution in [-0.4, -0.2) is 4.98 Å². The summed E-state index contributed by atoms with van der Waals surface area (Å²) in [5.41, 5.74) is 8.48. The fraction of sp³-hybridized carbons (Fsp3) is 0.148. The highest BCUT2D eigenvalue weighted by Gasteiger charge is 2.16. The third-order valence-corrected chi connectivity index (χ3v) is 5.19. The van der Waals surface area contributed by atoms with Gasteiger partial charge in [0.1, 0.15) is 0 Å². The van der Waals surface area contributed by atoms with Gasteiger partial charge >= 0.3 is 0 Å². The number of fused-ring (bicyclic) bond motifs is 1. The number of benzene rings is 1. The van der Waals surface area contributed by atoms with Crippen LogP contribution in [0.4, 0.5) is 0 Å². The Kier molecular flexibility index (Phi) is 5.63. The molecule has 0 bridgehead atoms. The monoisotopic (exact) mass is 363 g/mol. The van der Waals surface area contributed by atoms with Gasteiger partial charge in [-0.15, -0.1) is 0 Å². The summed E-state index contributed by atoms with van der Waals surface area (Å²) in [6.45, 7) is 2.24. The van der Waals surface area contributed by atoms with E-state index in [-0.39, 0.29) is 0 Å². The van der Waals surface area contributed by atoms with Crippen LogP contribution in [0, 0.1) is 6.92 Å². The van der Waals surface area contributed by atoms with Crippen molar-refractivity contribution in [3.63, 3.8) is 0 Å². The van der Waals surface area contributed by atoms with Gasteiger partial charge in [-0.1, -0.05) is 85.0 Å². The van der Waals surface area contributed by atoms with Crippen molar-refractivity contribution in [2.75, 3.05) is 0 Å². The zero-order chi connectivity index (χ0) is 19.2. The van der Waals surface area contributed by atoms with Gasteiger partial charge in [-0.05, 0) is 55.0 Å². The van der Waals surface area contributed by atoms with Gasteiger partial charge in [-0.3, -0.25) is 0 Å². The molecule has 28 heavy (non-hydrogen) atoms. The molecule has 1 heteroatoms. The minimum atomic E-state index is 0.893. The van der Waals surface area contributed by atoms with E-state index < -0.39 is 0 Å². The number of pyridine rings is 1. The predicted octanol–water partition coefficient (Wildman–Crippen LogP) is 7.03. The van der Waals surface area contributed by atoms with E-state index >= 15 is 0 Å². The second-order valence-electron chi connectivity index (χ2n) is 7.14. The zero-order valence-electron chi connectivity index (χ0n) is 16.3. The normalized spacial score (nSPS) is 20.5. The molecule has 1 aromatic carbocycles. The first-order chi connectivity index (χ1) is 13.8. The van der Waals surface area contributed by atoms with Gasteiger partial charge < -0.3 is 0 Å². The number of hydrogen-bond acceptors (Lipinski definition) is 1. The highest BCUT2D eigenvalue weighted by Crippen LogP contribution is 2.32. The van der Waals surface area contributed by atoms with E-state index in [0.717, 1.165) is 36.2 Å². The Bertz CT molecular complexity index is 1030. The highest BCUT2D eigenvalue weighted by molar-refractivity contribution is 5.78. The van der Waals surface area contributed by atoms with Crippen molar-refractivity contribution in [3.05, 3.63) is 113 Å². The summed E-state index contributed by atoms with van der Waals surface area (Å²) in [6, 6.07) is 10.5. The second-order valence-corrected chi connectivity index (χ2v) is 7.14. The van der Waals surface area contributed by atoms with E-state index in [1.165, 1.54) is 22.3 Å². The standard InChI is InChI=1S/C27H25N/c1-21-24-18-12-4-2-3-5-13-19-26(24)28-27(23-16-10-7-11-17-23)25(21)20-22-14-8-6-9-15-22/h2-4,6-14,16-17,19-20H,5,15,18H2,1H3/b3-2-,12-4-,19-13-,22-20-. The maximum absolute atomic E-state index is 5.15. The molecule has 0 fully saturated rings. The molecule has 1 nitrogen and oxygen atoms in total. The van der Waals surface area contributed by atoms with Crippen molar-refractivity contribution in [3.8, 4) is 11.3 Å². The summed E-state index contributed by atoms with van der Waals surface area (Å²) >= 11 is 0. The summed E-state index contributed by atoms with van der Waals surface area (Å²) in [7, 11) is 0. The quantitative estimate of drug-likeness (QED) is 0.558. The Morgan fingerprint density at radius 2 is 1.61 bits per heavy atom. The molecule has 2 aromatic rings. The van der Waals surface area contributed by atoms with Gasteiger partial charge in [0.2, 0.25) is 0 Å². The maximum Gasteiger partial charge on any atom is 0.0784 e. The molecule has 138 valence electrons. The molecule has 0 aliphatic heterocycles. The number of nitrogens with zero attached hydrogens (tertiary/aromatic N) is 1. The Balaban J connectivity index is 1.93. The average molecular weight is 364 g/mol. The highest BCUT2D eigenvalue weighted by atomic mass is 14.7. The van der Waals surface area contributed by atoms with Crippen LogP contribution in [0.2, 0.25) is 0 Å². The molecule has 0 amide bonds. The van der Waals surface area contributed by atoms with E-state index in [4.69, 9.17) is 4.98 Å². The van der Waals surface area contributed by atoms with E-state index in [1.54, 1.807) is 0 Å². The van der Waals surface area contributed by atoms with Crippen LogP contribution in [0.15, 0.2) is 90.6 Å². The van der Waals surface area contributed by atoms with Crippen molar-refractivity contribution in [2.45, 2.75) is 26.2 Å². The number of rotatable bonds is 2. The lowest BCUT2D eigenvalue weighted by Crippen LogP contribution is -2.03. The first kappa shape index (κ1) is 18.2. The van der Waals surface area contributed by atoms with Gasteiger partial charge in [-0.2, -0.15) is 0 Å². The van der Waals surface area contributed by atoms with E-state index in [0.29, 0.717) is 0 Å². The van der Waals surface area contributed by atoms with E-state index in [9.17, 15) is 0 Å². The van der Waals surface area contributed by atoms with Crippen LogP contribution in [-0.2, 0) is 6.42 Å². The maximum atomic E-state index is 5.15. The Hall–Kier alpha value is -3.19. The number of hydrogen-bond donors (Lipinski definition) is 0. The van der Waals surface area contributed by atoms with Crippen molar-refractivity contribution in [1.29, 1.82) is 0 Å². The second kappa shape index (κ2) is 8.67. The molecule has 0 unspecified atom stereocenters. The molecule has 1 heterocycles. The minimum absolute atomic E-state index is 0.893. The average Bonchev–Trinajstić information content (AvgIpc) is 2.75. The van der Waals surface area contributed by atoms with E-state index in [1.807, 2.05) is 0 Å². The predicted molar refractivity (Wildman–Crippen MR) is 121 cm³/mol. The van der Waals surface area contributed by atoms with Crippen LogP contribution in [0.25, 0.3) is 23.4 Å². The largest absolute Gasteiger partial charge is 0.247 e. The van der Waals surface area contributed by atoms with Crippen molar-refractivity contribution in [2.24, 2.45) is 0 Å². The minimum Gasteiger partial charge on any atom is -0.247 e. The molecule has 0 radical (unpaired) electrons. The molecule has 2 aliphatic rings. The molecule has 0 spiro atoms. The zero-order valence-corrected chi connectivity index (χ0v) is 16.3. The Labute approximate surface area is 167 Å². The fourth-order valence-corrected chi connectivity index (χ4v) is 3.67. The van der Waals surface area contributed by atoms with E-state index in [2.05, 4.69) is 104 Å². The summed E-state index contributed by atoms with van der Waals surface area (Å²) in [5.74, 6) is 0. The Morgan fingerprint density at radius 3 is 2.43 bits per heavy atom. The van der Waals surface area contributed by atoms with Gasteiger partial charge in [0.25, 0.3) is 0 Å². The third kappa shape index (κ3) is 4.04. The van der Waals surface area contributed by atoms with Crippen LogP contribution >= 0.6 is 0 Å². The number of aromatic nitrogens is 1. The topological polar surface area (TPSA) is 12.9 Å². The van der Waals surface area contributed by atoms with Crippen molar-refractivity contribution >= 4 is 12.2 Å². The molecule has 0 N–H and O–H groups in total. The summed E-state index contributed by atoms with van der Waals surface area (Å²) < 4.78 is 0. The molecular weight excluding hydrogens is 338 g/mol. The smallest absolute Gasteiger partial charge is 0.0784 e. The van der Waals surface area contributed by atoms with Crippen LogP contribution in [0.3, 0.4) is 0 Å². The Morgan fingerprint density at radius 1 is 0.821 bits per heavy atom. The molecule has 0 saturated carbocycles. The van der Waals surface area contributed by atoms with Crippen molar-refractivity contribution in [1.82, 2.24) is 4.98 Å². The molecule has 1 aromatic heterocycles. The lowest BCUT2D eigenvalue weighted by atomic mass is 9.91. The lowest BCUT2D eigenvalue weighted by molar-refractivity contribution is 1.12. The summed E-state index contributed by atoms with van der Waals surface area (Å²) in [6.07, 6.45) is 26.8. The van der Waals surface area contributed by atoms with Gasteiger partial charge in [-0.25, -0.2) is 4.98 Å². The summed E-state index contributed by atoms with van der Waals surface area (Å²) in [5, 5.41) is 0. The first-order valence-electron chi connectivity index (χ1n) is 9.94. The molecule has 0 saturated heterocycles. The van der Waals surface area contributed by atoms with Crippen LogP contribution < -0.4 is 0 Å². The SMILES string of the molecule is Cc1c(/C=C2/C=CC=CC2)c(-c2ccccc2)nc2c1C/C=C\C=C/C/C=C\2.